The lowest BCUT2D eigenvalue weighted by Gasteiger charge is -2.19. The second kappa shape index (κ2) is 6.90. The smallest absolute Gasteiger partial charge is 0.195 e. The van der Waals surface area contributed by atoms with Gasteiger partial charge in [0.05, 0.1) is 6.20 Å². The number of nitrogens with zero attached hydrogens (tertiary/aromatic N) is 1. The van der Waals surface area contributed by atoms with Gasteiger partial charge in [-0.3, -0.25) is 0 Å². The Morgan fingerprint density at radius 2 is 1.86 bits per heavy atom. The van der Waals surface area contributed by atoms with Crippen molar-refractivity contribution in [1.29, 1.82) is 0 Å². The SMILES string of the molecule is Cc1ccccc1CCc1cnc(CCNC(C)(C)C)o1. The number of hydrogen-bond donors (Lipinski definition) is 1. The first kappa shape index (κ1) is 15.8. The fourth-order valence-corrected chi connectivity index (χ4v) is 2.27. The second-order valence-electron chi connectivity index (χ2n) is 6.57. The number of aromatic nitrogens is 1. The van der Waals surface area contributed by atoms with Crippen molar-refractivity contribution in [2.75, 3.05) is 6.54 Å². The maximum atomic E-state index is 5.81. The summed E-state index contributed by atoms with van der Waals surface area (Å²) < 4.78 is 5.81. The number of hydrogen-bond acceptors (Lipinski definition) is 3. The van der Waals surface area contributed by atoms with Gasteiger partial charge in [0, 0.05) is 24.9 Å². The molecule has 0 aliphatic rings. The zero-order valence-electron chi connectivity index (χ0n) is 13.6. The third-order valence-electron chi connectivity index (χ3n) is 3.50. The molecule has 2 aromatic rings. The largest absolute Gasteiger partial charge is 0.446 e. The Bertz CT molecular complexity index is 567. The van der Waals surface area contributed by atoms with Crippen LogP contribution in [0, 0.1) is 6.92 Å². The van der Waals surface area contributed by atoms with Gasteiger partial charge in [-0.2, -0.15) is 0 Å². The van der Waals surface area contributed by atoms with Gasteiger partial charge in [-0.25, -0.2) is 4.98 Å². The average Bonchev–Trinajstić information content (AvgIpc) is 2.84. The molecule has 0 saturated carbocycles. The van der Waals surface area contributed by atoms with Crippen molar-refractivity contribution in [3.63, 3.8) is 0 Å². The van der Waals surface area contributed by atoms with E-state index in [1.807, 2.05) is 6.20 Å². The lowest BCUT2D eigenvalue weighted by Crippen LogP contribution is -2.37. The topological polar surface area (TPSA) is 38.1 Å². The van der Waals surface area contributed by atoms with E-state index in [1.165, 1.54) is 11.1 Å². The molecule has 0 radical (unpaired) electrons. The maximum absolute atomic E-state index is 5.81. The molecule has 0 saturated heterocycles. The molecule has 1 N–H and O–H groups in total. The van der Waals surface area contributed by atoms with E-state index in [2.05, 4.69) is 62.3 Å². The third-order valence-corrected chi connectivity index (χ3v) is 3.50. The fourth-order valence-electron chi connectivity index (χ4n) is 2.27. The first-order valence-corrected chi connectivity index (χ1v) is 7.67. The minimum atomic E-state index is 0.139. The van der Waals surface area contributed by atoms with Gasteiger partial charge in [0.1, 0.15) is 5.76 Å². The zero-order chi connectivity index (χ0) is 15.3. The molecule has 0 amide bonds. The van der Waals surface area contributed by atoms with Crippen LogP contribution in [0.15, 0.2) is 34.9 Å². The second-order valence-corrected chi connectivity index (χ2v) is 6.57. The predicted molar refractivity (Wildman–Crippen MR) is 86.5 cm³/mol. The van der Waals surface area contributed by atoms with Crippen molar-refractivity contribution in [2.45, 2.75) is 52.5 Å². The highest BCUT2D eigenvalue weighted by Crippen LogP contribution is 2.12. The van der Waals surface area contributed by atoms with Crippen LogP contribution in [-0.2, 0) is 19.3 Å². The molecule has 1 aromatic heterocycles. The number of oxazole rings is 1. The average molecular weight is 286 g/mol. The highest BCUT2D eigenvalue weighted by Gasteiger charge is 2.10. The summed E-state index contributed by atoms with van der Waals surface area (Å²) in [5.74, 6) is 1.80. The van der Waals surface area contributed by atoms with E-state index in [0.717, 1.165) is 37.5 Å². The van der Waals surface area contributed by atoms with Gasteiger partial charge < -0.3 is 9.73 Å². The fraction of sp³-hybridized carbons (Fsp3) is 0.500. The highest BCUT2D eigenvalue weighted by atomic mass is 16.4. The highest BCUT2D eigenvalue weighted by molar-refractivity contribution is 5.26. The first-order valence-electron chi connectivity index (χ1n) is 7.67. The summed E-state index contributed by atoms with van der Waals surface area (Å²) in [6.45, 7) is 9.53. The Morgan fingerprint density at radius 1 is 1.10 bits per heavy atom. The van der Waals surface area contributed by atoms with Gasteiger partial charge in [-0.05, 0) is 45.2 Å². The van der Waals surface area contributed by atoms with E-state index < -0.39 is 0 Å². The van der Waals surface area contributed by atoms with Gasteiger partial charge in [-0.1, -0.05) is 24.3 Å². The zero-order valence-corrected chi connectivity index (χ0v) is 13.6. The molecule has 0 aliphatic heterocycles. The summed E-state index contributed by atoms with van der Waals surface area (Å²) in [6.07, 6.45) is 4.61. The predicted octanol–water partition coefficient (Wildman–Crippen LogP) is 3.70. The van der Waals surface area contributed by atoms with Gasteiger partial charge >= 0.3 is 0 Å². The molecular formula is C18H26N2O. The molecule has 3 heteroatoms. The number of rotatable bonds is 6. The molecule has 114 valence electrons. The van der Waals surface area contributed by atoms with Gasteiger partial charge in [0.25, 0.3) is 0 Å². The van der Waals surface area contributed by atoms with Crippen LogP contribution in [-0.4, -0.2) is 17.1 Å². The number of nitrogens with one attached hydrogen (secondary N) is 1. The van der Waals surface area contributed by atoms with E-state index >= 15 is 0 Å². The van der Waals surface area contributed by atoms with Crippen molar-refractivity contribution in [2.24, 2.45) is 0 Å². The summed E-state index contributed by atoms with van der Waals surface area (Å²) in [5, 5.41) is 3.44. The number of aryl methyl sites for hydroxylation is 3. The molecule has 0 unspecified atom stereocenters. The molecule has 0 bridgehead atoms. The summed E-state index contributed by atoms with van der Waals surface area (Å²) >= 11 is 0. The minimum Gasteiger partial charge on any atom is -0.446 e. The Hall–Kier alpha value is -1.61. The summed E-state index contributed by atoms with van der Waals surface area (Å²) in [4.78, 5) is 4.36. The van der Waals surface area contributed by atoms with Crippen LogP contribution in [0.4, 0.5) is 0 Å². The van der Waals surface area contributed by atoms with Crippen LogP contribution in [0.25, 0.3) is 0 Å². The van der Waals surface area contributed by atoms with Crippen molar-refractivity contribution in [3.05, 3.63) is 53.2 Å². The van der Waals surface area contributed by atoms with Gasteiger partial charge in [0.2, 0.25) is 0 Å². The van der Waals surface area contributed by atoms with Crippen LogP contribution < -0.4 is 5.32 Å². The lowest BCUT2D eigenvalue weighted by atomic mass is 10.0. The van der Waals surface area contributed by atoms with Crippen LogP contribution in [0.1, 0.15) is 43.5 Å². The van der Waals surface area contributed by atoms with Crippen LogP contribution in [0.3, 0.4) is 0 Å². The van der Waals surface area contributed by atoms with Crippen LogP contribution in [0.5, 0.6) is 0 Å². The summed E-state index contributed by atoms with van der Waals surface area (Å²) in [5.41, 5.74) is 2.86. The summed E-state index contributed by atoms with van der Waals surface area (Å²) in [6, 6.07) is 8.50. The van der Waals surface area contributed by atoms with Crippen LogP contribution >= 0.6 is 0 Å². The van der Waals surface area contributed by atoms with E-state index in [4.69, 9.17) is 4.42 Å². The maximum Gasteiger partial charge on any atom is 0.195 e. The molecule has 1 aromatic carbocycles. The first-order chi connectivity index (χ1) is 9.94. The van der Waals surface area contributed by atoms with Crippen LogP contribution in [0.2, 0.25) is 0 Å². The Kier molecular flexibility index (Phi) is 5.18. The minimum absolute atomic E-state index is 0.139. The van der Waals surface area contributed by atoms with E-state index in [-0.39, 0.29) is 5.54 Å². The van der Waals surface area contributed by atoms with Crippen molar-refractivity contribution < 1.29 is 4.42 Å². The van der Waals surface area contributed by atoms with E-state index in [1.54, 1.807) is 0 Å². The molecule has 0 atom stereocenters. The van der Waals surface area contributed by atoms with Crippen molar-refractivity contribution >= 4 is 0 Å². The molecule has 0 spiro atoms. The van der Waals surface area contributed by atoms with Gasteiger partial charge in [-0.15, -0.1) is 0 Å². The van der Waals surface area contributed by atoms with E-state index in [9.17, 15) is 0 Å². The standard InChI is InChI=1S/C18H26N2O/c1-14-7-5-6-8-15(14)9-10-16-13-19-17(21-16)11-12-20-18(2,3)4/h5-8,13,20H,9-12H2,1-4H3. The molecule has 3 nitrogen and oxygen atoms in total. The monoisotopic (exact) mass is 286 g/mol. The quantitative estimate of drug-likeness (QED) is 0.880. The van der Waals surface area contributed by atoms with E-state index in [0.29, 0.717) is 0 Å². The lowest BCUT2D eigenvalue weighted by molar-refractivity contribution is 0.401. The van der Waals surface area contributed by atoms with Crippen molar-refractivity contribution in [1.82, 2.24) is 10.3 Å². The van der Waals surface area contributed by atoms with Crippen molar-refractivity contribution in [3.8, 4) is 0 Å². The molecule has 0 aliphatic carbocycles. The molecule has 2 rings (SSSR count). The molecular weight excluding hydrogens is 260 g/mol. The molecule has 1 heterocycles. The Labute approximate surface area is 127 Å². The number of benzene rings is 1. The summed E-state index contributed by atoms with van der Waals surface area (Å²) in [7, 11) is 0. The third kappa shape index (κ3) is 5.35. The molecule has 0 fully saturated rings. The Morgan fingerprint density at radius 3 is 2.57 bits per heavy atom. The Balaban J connectivity index is 1.82. The normalized spacial score (nSPS) is 11.8. The molecule has 21 heavy (non-hydrogen) atoms. The van der Waals surface area contributed by atoms with Gasteiger partial charge in [0.15, 0.2) is 5.89 Å².